The van der Waals surface area contributed by atoms with Gasteiger partial charge in [-0.2, -0.15) is 0 Å². The SMILES string of the molecule is CCCCCCCCCCCCCCCOCCOCCOCCOCCOCCOCCOCCOCCOCCN1C(=O)c2ccccc2C1=O. The fraction of sp³-hybridized carbons (Fsp3) is 0.805. The van der Waals surface area contributed by atoms with Crippen LogP contribution in [0, 0.1) is 0 Å². The van der Waals surface area contributed by atoms with Gasteiger partial charge in [0.05, 0.1) is 130 Å². The van der Waals surface area contributed by atoms with Crippen molar-refractivity contribution < 1.29 is 52.2 Å². The summed E-state index contributed by atoms with van der Waals surface area (Å²) in [5.74, 6) is -0.545. The zero-order valence-electron chi connectivity index (χ0n) is 32.9. The van der Waals surface area contributed by atoms with Gasteiger partial charge in [0.25, 0.3) is 11.8 Å². The Balaban J connectivity index is 1.15. The Labute approximate surface area is 319 Å². The Kier molecular flexibility index (Phi) is 31.7. The predicted molar refractivity (Wildman–Crippen MR) is 205 cm³/mol. The maximum atomic E-state index is 12.3. The molecule has 1 heterocycles. The number of unbranched alkanes of at least 4 members (excludes halogenated alkanes) is 12. The van der Waals surface area contributed by atoms with E-state index in [-0.39, 0.29) is 25.0 Å². The lowest BCUT2D eigenvalue weighted by molar-refractivity contribution is -0.0252. The zero-order chi connectivity index (χ0) is 37.7. The lowest BCUT2D eigenvalue weighted by atomic mass is 10.0. The molecule has 0 aromatic heterocycles. The van der Waals surface area contributed by atoms with E-state index in [2.05, 4.69) is 6.92 Å². The number of carbonyl (C=O) groups is 2. The predicted octanol–water partition coefficient (Wildman–Crippen LogP) is 6.52. The van der Waals surface area contributed by atoms with Crippen LogP contribution in [0.25, 0.3) is 0 Å². The highest BCUT2D eigenvalue weighted by atomic mass is 16.6. The van der Waals surface area contributed by atoms with E-state index in [0.29, 0.717) is 117 Å². The van der Waals surface area contributed by atoms with Gasteiger partial charge < -0.3 is 42.6 Å². The minimum Gasteiger partial charge on any atom is -0.379 e. The van der Waals surface area contributed by atoms with Gasteiger partial charge in [-0.1, -0.05) is 96.1 Å². The average molecular weight is 754 g/mol. The maximum absolute atomic E-state index is 12.3. The van der Waals surface area contributed by atoms with Crippen molar-refractivity contribution >= 4 is 11.8 Å². The number of carbonyl (C=O) groups excluding carboxylic acids is 2. The van der Waals surface area contributed by atoms with Gasteiger partial charge in [-0.3, -0.25) is 14.5 Å². The largest absolute Gasteiger partial charge is 0.379 e. The lowest BCUT2D eigenvalue weighted by Gasteiger charge is -2.13. The van der Waals surface area contributed by atoms with Crippen LogP contribution in [0.1, 0.15) is 111 Å². The number of imide groups is 1. The number of fused-ring (bicyclic) bond motifs is 1. The third-order valence-electron chi connectivity index (χ3n) is 8.71. The third-order valence-corrected chi connectivity index (χ3v) is 8.71. The monoisotopic (exact) mass is 754 g/mol. The Morgan fingerprint density at radius 3 is 0.943 bits per heavy atom. The molecule has 0 saturated heterocycles. The second-order valence-corrected chi connectivity index (χ2v) is 13.1. The topological polar surface area (TPSA) is 120 Å². The summed E-state index contributed by atoms with van der Waals surface area (Å²) in [5, 5.41) is 0. The fourth-order valence-corrected chi connectivity index (χ4v) is 5.68. The molecular weight excluding hydrogens is 682 g/mol. The number of rotatable bonds is 41. The van der Waals surface area contributed by atoms with E-state index in [1.54, 1.807) is 24.3 Å². The van der Waals surface area contributed by atoms with Crippen molar-refractivity contribution in [1.29, 1.82) is 0 Å². The van der Waals surface area contributed by atoms with Crippen LogP contribution < -0.4 is 0 Å². The minimum atomic E-state index is -0.273. The molecule has 0 aliphatic carbocycles. The molecule has 1 aromatic carbocycles. The first-order chi connectivity index (χ1) is 26.3. The van der Waals surface area contributed by atoms with Crippen molar-refractivity contribution in [1.82, 2.24) is 4.90 Å². The third kappa shape index (κ3) is 25.7. The summed E-state index contributed by atoms with van der Waals surface area (Å²) in [4.78, 5) is 25.9. The van der Waals surface area contributed by atoms with Gasteiger partial charge in [-0.15, -0.1) is 0 Å². The smallest absolute Gasteiger partial charge is 0.261 e. The number of hydrogen-bond donors (Lipinski definition) is 0. The van der Waals surface area contributed by atoms with E-state index >= 15 is 0 Å². The van der Waals surface area contributed by atoms with Gasteiger partial charge in [-0.25, -0.2) is 0 Å². The molecule has 0 unspecified atom stereocenters. The van der Waals surface area contributed by atoms with Crippen molar-refractivity contribution in [3.8, 4) is 0 Å². The number of ether oxygens (including phenoxy) is 9. The highest BCUT2D eigenvalue weighted by molar-refractivity contribution is 6.21. The molecule has 0 fully saturated rings. The van der Waals surface area contributed by atoms with Gasteiger partial charge in [0.2, 0.25) is 0 Å². The summed E-state index contributed by atoms with van der Waals surface area (Å²) in [7, 11) is 0. The quantitative estimate of drug-likeness (QED) is 0.0537. The normalized spacial score (nSPS) is 12.7. The van der Waals surface area contributed by atoms with Crippen LogP contribution >= 0.6 is 0 Å². The molecule has 0 atom stereocenters. The van der Waals surface area contributed by atoms with Gasteiger partial charge in [0, 0.05) is 6.61 Å². The van der Waals surface area contributed by atoms with Gasteiger partial charge in [0.1, 0.15) is 0 Å². The highest BCUT2D eigenvalue weighted by Gasteiger charge is 2.34. The Morgan fingerprint density at radius 2 is 0.623 bits per heavy atom. The fourth-order valence-electron chi connectivity index (χ4n) is 5.68. The summed E-state index contributed by atoms with van der Waals surface area (Å²) < 4.78 is 49.8. The molecule has 1 aromatic rings. The summed E-state index contributed by atoms with van der Waals surface area (Å²) in [6, 6.07) is 6.84. The van der Waals surface area contributed by atoms with Crippen molar-refractivity contribution in [3.05, 3.63) is 35.4 Å². The summed E-state index contributed by atoms with van der Waals surface area (Å²) in [6.45, 7) is 11.6. The van der Waals surface area contributed by atoms with Gasteiger partial charge >= 0.3 is 0 Å². The summed E-state index contributed by atoms with van der Waals surface area (Å²) >= 11 is 0. The first-order valence-electron chi connectivity index (χ1n) is 20.4. The molecule has 2 amide bonds. The standard InChI is InChI=1S/C41H71NO11/c1-2-3-4-5-6-7-8-9-10-11-12-13-16-20-45-22-24-47-26-28-49-30-32-51-34-36-53-37-35-52-33-31-50-29-27-48-25-23-46-21-19-42-40(43)38-17-14-15-18-39(38)41(42)44/h14-15,17-18H,2-13,16,19-37H2,1H3. The first-order valence-corrected chi connectivity index (χ1v) is 20.4. The second-order valence-electron chi connectivity index (χ2n) is 13.1. The molecule has 0 radical (unpaired) electrons. The van der Waals surface area contributed by atoms with E-state index in [0.717, 1.165) is 13.0 Å². The molecule has 2 rings (SSSR count). The van der Waals surface area contributed by atoms with Crippen LogP contribution in [0.3, 0.4) is 0 Å². The van der Waals surface area contributed by atoms with Crippen LogP contribution in [0.2, 0.25) is 0 Å². The number of hydrogen-bond acceptors (Lipinski definition) is 11. The molecule has 0 N–H and O–H groups in total. The van der Waals surface area contributed by atoms with Gasteiger partial charge in [0.15, 0.2) is 0 Å². The molecule has 0 saturated carbocycles. The molecule has 0 bridgehead atoms. The molecule has 12 heteroatoms. The van der Waals surface area contributed by atoms with E-state index in [4.69, 9.17) is 42.6 Å². The maximum Gasteiger partial charge on any atom is 0.261 e. The van der Waals surface area contributed by atoms with E-state index in [9.17, 15) is 9.59 Å². The highest BCUT2D eigenvalue weighted by Crippen LogP contribution is 2.22. The van der Waals surface area contributed by atoms with Crippen molar-refractivity contribution in [2.24, 2.45) is 0 Å². The Bertz CT molecular complexity index is 963. The molecule has 1 aliphatic rings. The van der Waals surface area contributed by atoms with Crippen LogP contribution in [-0.4, -0.2) is 142 Å². The minimum absolute atomic E-state index is 0.219. The summed E-state index contributed by atoms with van der Waals surface area (Å²) in [6.07, 6.45) is 17.7. The van der Waals surface area contributed by atoms with Gasteiger partial charge in [-0.05, 0) is 18.6 Å². The Hall–Kier alpha value is -2.00. The average Bonchev–Trinajstić information content (AvgIpc) is 3.42. The van der Waals surface area contributed by atoms with Crippen LogP contribution in [0.15, 0.2) is 24.3 Å². The van der Waals surface area contributed by atoms with Crippen LogP contribution in [0.4, 0.5) is 0 Å². The molecule has 12 nitrogen and oxygen atoms in total. The molecular formula is C41H71NO11. The molecule has 53 heavy (non-hydrogen) atoms. The van der Waals surface area contributed by atoms with Crippen molar-refractivity contribution in [2.75, 3.05) is 125 Å². The molecule has 0 spiro atoms. The van der Waals surface area contributed by atoms with E-state index in [1.165, 1.54) is 81.9 Å². The second kappa shape index (κ2) is 35.7. The van der Waals surface area contributed by atoms with Crippen LogP contribution in [-0.2, 0) is 42.6 Å². The number of amides is 2. The lowest BCUT2D eigenvalue weighted by Crippen LogP contribution is -2.33. The first kappa shape index (κ1) is 47.2. The number of benzene rings is 1. The van der Waals surface area contributed by atoms with E-state index < -0.39 is 0 Å². The zero-order valence-corrected chi connectivity index (χ0v) is 32.9. The van der Waals surface area contributed by atoms with Crippen molar-refractivity contribution in [2.45, 2.75) is 90.4 Å². The number of nitrogens with zero attached hydrogens (tertiary/aromatic N) is 1. The molecule has 1 aliphatic heterocycles. The van der Waals surface area contributed by atoms with Crippen LogP contribution in [0.5, 0.6) is 0 Å². The Morgan fingerprint density at radius 1 is 0.358 bits per heavy atom. The summed E-state index contributed by atoms with van der Waals surface area (Å²) in [5.41, 5.74) is 0.893. The molecule has 306 valence electrons. The van der Waals surface area contributed by atoms with E-state index in [1.807, 2.05) is 0 Å². The van der Waals surface area contributed by atoms with Crippen molar-refractivity contribution in [3.63, 3.8) is 0 Å².